The molecule has 16 heavy (non-hydrogen) atoms. The summed E-state index contributed by atoms with van der Waals surface area (Å²) in [5, 5.41) is 0. The zero-order valence-corrected chi connectivity index (χ0v) is 10.2. The van der Waals surface area contributed by atoms with Crippen LogP contribution in [0.4, 0.5) is 0 Å². The predicted octanol–water partition coefficient (Wildman–Crippen LogP) is 2.40. The number of nitrogens with zero attached hydrogens (tertiary/aromatic N) is 1. The van der Waals surface area contributed by atoms with E-state index in [1.807, 2.05) is 6.07 Å². The van der Waals surface area contributed by atoms with Gasteiger partial charge in [0.2, 0.25) is 0 Å². The standard InChI is InChI=1S/C13H22N2O/c1-3-12(13-5-4-8-16-13)15-7-6-11(9-15)10(2)14/h4-5,8,10-12H,3,6-7,9,14H2,1-2H3. The normalized spacial score (nSPS) is 25.8. The molecule has 1 aromatic heterocycles. The first-order chi connectivity index (χ1) is 7.72. The van der Waals surface area contributed by atoms with Gasteiger partial charge < -0.3 is 10.2 Å². The number of rotatable bonds is 4. The molecule has 3 nitrogen and oxygen atoms in total. The highest BCUT2D eigenvalue weighted by molar-refractivity contribution is 5.05. The topological polar surface area (TPSA) is 42.4 Å². The summed E-state index contributed by atoms with van der Waals surface area (Å²) in [6.07, 6.45) is 4.07. The summed E-state index contributed by atoms with van der Waals surface area (Å²) in [4.78, 5) is 2.51. The van der Waals surface area contributed by atoms with Crippen LogP contribution >= 0.6 is 0 Å². The van der Waals surface area contributed by atoms with E-state index < -0.39 is 0 Å². The molecule has 2 heterocycles. The predicted molar refractivity (Wildman–Crippen MR) is 65.1 cm³/mol. The zero-order valence-electron chi connectivity index (χ0n) is 10.2. The maximum Gasteiger partial charge on any atom is 0.120 e. The Bertz CT molecular complexity index is 308. The van der Waals surface area contributed by atoms with Crippen molar-refractivity contribution in [1.29, 1.82) is 0 Å². The minimum atomic E-state index is 0.305. The van der Waals surface area contributed by atoms with Crippen molar-refractivity contribution in [3.05, 3.63) is 24.2 Å². The Morgan fingerprint density at radius 1 is 1.62 bits per heavy atom. The SMILES string of the molecule is CCC(c1ccco1)N1CCC(C(C)N)C1. The first-order valence-corrected chi connectivity index (χ1v) is 6.25. The molecule has 2 N–H and O–H groups in total. The Kier molecular flexibility index (Phi) is 3.66. The average Bonchev–Trinajstić information content (AvgIpc) is 2.88. The van der Waals surface area contributed by atoms with Crippen molar-refractivity contribution in [2.45, 2.75) is 38.8 Å². The number of hydrogen-bond acceptors (Lipinski definition) is 3. The van der Waals surface area contributed by atoms with E-state index in [9.17, 15) is 0 Å². The molecular formula is C13H22N2O. The number of nitrogens with two attached hydrogens (primary N) is 1. The third-order valence-corrected chi connectivity index (χ3v) is 3.70. The molecule has 0 bridgehead atoms. The van der Waals surface area contributed by atoms with Gasteiger partial charge in [-0.2, -0.15) is 0 Å². The number of hydrogen-bond donors (Lipinski definition) is 1. The van der Waals surface area contributed by atoms with Crippen LogP contribution in [0.2, 0.25) is 0 Å². The lowest BCUT2D eigenvalue weighted by atomic mass is 10.0. The summed E-state index contributed by atoms with van der Waals surface area (Å²) in [6, 6.07) is 4.78. The third kappa shape index (κ3) is 2.30. The van der Waals surface area contributed by atoms with Crippen molar-refractivity contribution in [2.24, 2.45) is 11.7 Å². The van der Waals surface area contributed by atoms with E-state index in [0.717, 1.165) is 25.3 Å². The van der Waals surface area contributed by atoms with Gasteiger partial charge in [0.15, 0.2) is 0 Å². The fourth-order valence-electron chi connectivity index (χ4n) is 2.65. The molecule has 3 heteroatoms. The van der Waals surface area contributed by atoms with Crippen LogP contribution in [0.15, 0.2) is 22.8 Å². The molecule has 1 aliphatic heterocycles. The van der Waals surface area contributed by atoms with Gasteiger partial charge in [-0.05, 0) is 44.4 Å². The molecular weight excluding hydrogens is 200 g/mol. The van der Waals surface area contributed by atoms with Crippen LogP contribution in [-0.4, -0.2) is 24.0 Å². The van der Waals surface area contributed by atoms with Crippen LogP contribution in [-0.2, 0) is 0 Å². The van der Waals surface area contributed by atoms with Crippen LogP contribution in [0, 0.1) is 5.92 Å². The van der Waals surface area contributed by atoms with Crippen molar-refractivity contribution in [2.75, 3.05) is 13.1 Å². The van der Waals surface area contributed by atoms with E-state index >= 15 is 0 Å². The largest absolute Gasteiger partial charge is 0.468 e. The molecule has 3 unspecified atom stereocenters. The summed E-state index contributed by atoms with van der Waals surface area (Å²) in [6.45, 7) is 6.58. The Hall–Kier alpha value is -0.800. The third-order valence-electron chi connectivity index (χ3n) is 3.70. The quantitative estimate of drug-likeness (QED) is 0.850. The minimum Gasteiger partial charge on any atom is -0.468 e. The van der Waals surface area contributed by atoms with E-state index in [-0.39, 0.29) is 0 Å². The molecule has 2 rings (SSSR count). The molecule has 0 radical (unpaired) electrons. The van der Waals surface area contributed by atoms with Gasteiger partial charge in [0.1, 0.15) is 5.76 Å². The Morgan fingerprint density at radius 3 is 2.94 bits per heavy atom. The number of furan rings is 1. The van der Waals surface area contributed by atoms with Gasteiger partial charge in [0.05, 0.1) is 12.3 Å². The van der Waals surface area contributed by atoms with Crippen molar-refractivity contribution in [1.82, 2.24) is 4.90 Å². The number of likely N-dealkylation sites (tertiary alicyclic amines) is 1. The molecule has 0 spiro atoms. The van der Waals surface area contributed by atoms with Gasteiger partial charge in [-0.1, -0.05) is 6.92 Å². The molecule has 0 aromatic carbocycles. The van der Waals surface area contributed by atoms with Crippen LogP contribution in [0.25, 0.3) is 0 Å². The lowest BCUT2D eigenvalue weighted by Gasteiger charge is -2.25. The lowest BCUT2D eigenvalue weighted by molar-refractivity contribution is 0.199. The van der Waals surface area contributed by atoms with Crippen molar-refractivity contribution in [3.63, 3.8) is 0 Å². The van der Waals surface area contributed by atoms with E-state index in [2.05, 4.69) is 24.8 Å². The summed E-state index contributed by atoms with van der Waals surface area (Å²) in [5.41, 5.74) is 5.97. The molecule has 0 saturated carbocycles. The van der Waals surface area contributed by atoms with Gasteiger partial charge in [0.25, 0.3) is 0 Å². The first-order valence-electron chi connectivity index (χ1n) is 6.25. The summed E-state index contributed by atoms with van der Waals surface area (Å²) in [7, 11) is 0. The second-order valence-corrected chi connectivity index (χ2v) is 4.84. The molecule has 1 saturated heterocycles. The molecule has 1 aliphatic rings. The van der Waals surface area contributed by atoms with Crippen LogP contribution < -0.4 is 5.73 Å². The highest BCUT2D eigenvalue weighted by Gasteiger charge is 2.30. The van der Waals surface area contributed by atoms with E-state index in [1.165, 1.54) is 6.42 Å². The maximum absolute atomic E-state index is 5.97. The van der Waals surface area contributed by atoms with Crippen molar-refractivity contribution >= 4 is 0 Å². The van der Waals surface area contributed by atoms with Crippen molar-refractivity contribution < 1.29 is 4.42 Å². The summed E-state index contributed by atoms with van der Waals surface area (Å²) in [5.74, 6) is 1.73. The fourth-order valence-corrected chi connectivity index (χ4v) is 2.65. The maximum atomic E-state index is 5.97. The highest BCUT2D eigenvalue weighted by Crippen LogP contribution is 2.30. The van der Waals surface area contributed by atoms with Crippen molar-refractivity contribution in [3.8, 4) is 0 Å². The van der Waals surface area contributed by atoms with Crippen LogP contribution in [0.3, 0.4) is 0 Å². The lowest BCUT2D eigenvalue weighted by Crippen LogP contribution is -2.31. The second-order valence-electron chi connectivity index (χ2n) is 4.84. The Balaban J connectivity index is 2.02. The second kappa shape index (κ2) is 5.02. The zero-order chi connectivity index (χ0) is 11.5. The van der Waals surface area contributed by atoms with E-state index in [1.54, 1.807) is 6.26 Å². The van der Waals surface area contributed by atoms with Gasteiger partial charge in [-0.15, -0.1) is 0 Å². The van der Waals surface area contributed by atoms with Crippen LogP contribution in [0.1, 0.15) is 38.5 Å². The average molecular weight is 222 g/mol. The monoisotopic (exact) mass is 222 g/mol. The van der Waals surface area contributed by atoms with E-state index in [0.29, 0.717) is 18.0 Å². The summed E-state index contributed by atoms with van der Waals surface area (Å²) < 4.78 is 5.52. The highest BCUT2D eigenvalue weighted by atomic mass is 16.3. The van der Waals surface area contributed by atoms with Crippen LogP contribution in [0.5, 0.6) is 0 Å². The molecule has 0 amide bonds. The molecule has 3 atom stereocenters. The smallest absolute Gasteiger partial charge is 0.120 e. The van der Waals surface area contributed by atoms with E-state index in [4.69, 9.17) is 10.2 Å². The molecule has 1 aromatic rings. The van der Waals surface area contributed by atoms with Gasteiger partial charge in [-0.3, -0.25) is 4.90 Å². The van der Waals surface area contributed by atoms with Gasteiger partial charge >= 0.3 is 0 Å². The van der Waals surface area contributed by atoms with Gasteiger partial charge in [-0.25, -0.2) is 0 Å². The van der Waals surface area contributed by atoms with Gasteiger partial charge in [0, 0.05) is 12.6 Å². The first kappa shape index (κ1) is 11.7. The molecule has 90 valence electrons. The summed E-state index contributed by atoms with van der Waals surface area (Å²) >= 11 is 0. The molecule has 1 fully saturated rings. The minimum absolute atomic E-state index is 0.305. The molecule has 0 aliphatic carbocycles. The Morgan fingerprint density at radius 2 is 2.44 bits per heavy atom. The fraction of sp³-hybridized carbons (Fsp3) is 0.692. The Labute approximate surface area is 97.6 Å².